The number of rotatable bonds is 5. The van der Waals surface area contributed by atoms with Crippen LogP contribution in [0, 0.1) is 11.6 Å². The number of anilines is 3. The molecule has 0 unspecified atom stereocenters. The number of carbonyl (C=O) groups excluding carboxylic acids is 1. The van der Waals surface area contributed by atoms with Crippen LogP contribution in [0.5, 0.6) is 0 Å². The molecule has 1 aromatic carbocycles. The predicted molar refractivity (Wildman–Crippen MR) is 113 cm³/mol. The lowest BCUT2D eigenvalue weighted by atomic mass is 10.1. The van der Waals surface area contributed by atoms with E-state index < -0.39 is 17.5 Å². The fourth-order valence-corrected chi connectivity index (χ4v) is 3.68. The zero-order valence-electron chi connectivity index (χ0n) is 17.1. The molecule has 0 saturated carbocycles. The molecule has 32 heavy (non-hydrogen) atoms. The zero-order valence-corrected chi connectivity index (χ0v) is 17.1. The minimum Gasteiger partial charge on any atom is -0.370 e. The number of morpholine rings is 1. The fraction of sp³-hybridized carbons (Fsp3) is 0.238. The van der Waals surface area contributed by atoms with E-state index in [2.05, 4.69) is 20.5 Å². The Morgan fingerprint density at radius 2 is 2.03 bits per heavy atom. The highest BCUT2D eigenvalue weighted by atomic mass is 19.1. The number of nitrogens with one attached hydrogen (secondary N) is 1. The van der Waals surface area contributed by atoms with E-state index in [4.69, 9.17) is 4.74 Å². The molecule has 0 bridgehead atoms. The lowest BCUT2D eigenvalue weighted by Gasteiger charge is -2.27. The monoisotopic (exact) mass is 439 g/mol. The quantitative estimate of drug-likeness (QED) is 0.514. The summed E-state index contributed by atoms with van der Waals surface area (Å²) in [4.78, 5) is 17.7. The number of ether oxygens (including phenoxy) is 1. The first-order valence-corrected chi connectivity index (χ1v) is 9.91. The molecule has 1 fully saturated rings. The molecule has 0 radical (unpaired) electrons. The number of hydrogen-bond donors (Lipinski definition) is 1. The highest BCUT2D eigenvalue weighted by Gasteiger charge is 2.25. The molecule has 0 spiro atoms. The zero-order chi connectivity index (χ0) is 22.2. The molecular formula is C21H19F2N7O2. The number of amides is 1. The average Bonchev–Trinajstić information content (AvgIpc) is 3.36. The van der Waals surface area contributed by atoms with E-state index in [9.17, 15) is 9.18 Å². The fourth-order valence-electron chi connectivity index (χ4n) is 3.68. The molecule has 5 rings (SSSR count). The van der Waals surface area contributed by atoms with Crippen molar-refractivity contribution < 1.29 is 18.3 Å². The first-order chi connectivity index (χ1) is 15.5. The van der Waals surface area contributed by atoms with E-state index in [1.165, 1.54) is 4.90 Å². The van der Waals surface area contributed by atoms with Gasteiger partial charge in [0.05, 0.1) is 42.4 Å². The maximum absolute atomic E-state index is 15.3. The van der Waals surface area contributed by atoms with Crippen LogP contribution in [0.3, 0.4) is 0 Å². The van der Waals surface area contributed by atoms with Gasteiger partial charge in [-0.3, -0.25) is 14.2 Å². The Bertz CT molecular complexity index is 1320. The van der Waals surface area contributed by atoms with Crippen LogP contribution in [0.4, 0.5) is 26.0 Å². The van der Waals surface area contributed by atoms with E-state index in [-0.39, 0.29) is 37.6 Å². The van der Waals surface area contributed by atoms with Gasteiger partial charge in [0.15, 0.2) is 5.82 Å². The molecule has 1 aliphatic rings. The van der Waals surface area contributed by atoms with Crippen molar-refractivity contribution in [1.29, 1.82) is 0 Å². The summed E-state index contributed by atoms with van der Waals surface area (Å²) in [7, 11) is 1.81. The normalized spacial score (nSPS) is 14.3. The van der Waals surface area contributed by atoms with Gasteiger partial charge in [-0.25, -0.2) is 13.8 Å². The molecule has 3 aromatic heterocycles. The van der Waals surface area contributed by atoms with E-state index >= 15 is 4.39 Å². The standard InChI is InChI=1S/C21H19F2N7O2/c1-28-11-16(9-25-28)27-19-6-17-14(7-24-19)8-26-30(17)10-13-4-15(22)5-18(21(13)23)29-2-3-32-12-20(29)31/h4-9,11H,2-3,10,12H2,1H3,(H,24,27). The number of fused-ring (bicyclic) bond motifs is 1. The van der Waals surface area contributed by atoms with Crippen molar-refractivity contribution in [2.45, 2.75) is 6.54 Å². The molecule has 11 heteroatoms. The van der Waals surface area contributed by atoms with Crippen LogP contribution in [-0.2, 0) is 23.1 Å². The largest absolute Gasteiger partial charge is 0.370 e. The van der Waals surface area contributed by atoms with E-state index in [1.54, 1.807) is 40.2 Å². The molecule has 1 N–H and O–H groups in total. The predicted octanol–water partition coefficient (Wildman–Crippen LogP) is 2.60. The Balaban J connectivity index is 1.47. The highest BCUT2D eigenvalue weighted by Crippen LogP contribution is 2.27. The maximum Gasteiger partial charge on any atom is 0.253 e. The number of benzene rings is 1. The third-order valence-corrected chi connectivity index (χ3v) is 5.19. The smallest absolute Gasteiger partial charge is 0.253 e. The molecule has 164 valence electrons. The van der Waals surface area contributed by atoms with Crippen LogP contribution in [0.1, 0.15) is 5.56 Å². The van der Waals surface area contributed by atoms with Gasteiger partial charge in [0.25, 0.3) is 5.91 Å². The second kappa shape index (κ2) is 8.00. The van der Waals surface area contributed by atoms with Crippen molar-refractivity contribution in [3.05, 3.63) is 60.2 Å². The van der Waals surface area contributed by atoms with Crippen molar-refractivity contribution in [1.82, 2.24) is 24.5 Å². The second-order valence-corrected chi connectivity index (χ2v) is 7.45. The molecule has 0 atom stereocenters. The summed E-state index contributed by atoms with van der Waals surface area (Å²) >= 11 is 0. The third-order valence-electron chi connectivity index (χ3n) is 5.19. The van der Waals surface area contributed by atoms with Gasteiger partial charge in [0, 0.05) is 49.1 Å². The molecular weight excluding hydrogens is 420 g/mol. The van der Waals surface area contributed by atoms with Crippen molar-refractivity contribution in [3.8, 4) is 0 Å². The van der Waals surface area contributed by atoms with Crippen LogP contribution >= 0.6 is 0 Å². The molecule has 9 nitrogen and oxygen atoms in total. The number of aryl methyl sites for hydroxylation is 1. The molecule has 1 saturated heterocycles. The molecule has 4 aromatic rings. The van der Waals surface area contributed by atoms with Crippen LogP contribution in [-0.4, -0.2) is 50.2 Å². The highest BCUT2D eigenvalue weighted by molar-refractivity contribution is 5.95. The number of aromatic nitrogens is 5. The van der Waals surface area contributed by atoms with Crippen molar-refractivity contribution in [2.24, 2.45) is 7.05 Å². The lowest BCUT2D eigenvalue weighted by Crippen LogP contribution is -2.42. The molecule has 4 heterocycles. The summed E-state index contributed by atoms with van der Waals surface area (Å²) in [5.41, 5.74) is 1.45. The number of carbonyl (C=O) groups is 1. The van der Waals surface area contributed by atoms with Gasteiger partial charge in [-0.1, -0.05) is 0 Å². The Morgan fingerprint density at radius 3 is 2.81 bits per heavy atom. The average molecular weight is 439 g/mol. The molecule has 1 amide bonds. The van der Waals surface area contributed by atoms with Gasteiger partial charge in [-0.05, 0) is 6.07 Å². The lowest BCUT2D eigenvalue weighted by molar-refractivity contribution is -0.125. The topological polar surface area (TPSA) is 90.1 Å². The number of nitrogens with zero attached hydrogens (tertiary/aromatic N) is 6. The summed E-state index contributed by atoms with van der Waals surface area (Å²) in [5, 5.41) is 12.3. The van der Waals surface area contributed by atoms with Gasteiger partial charge < -0.3 is 15.0 Å². The van der Waals surface area contributed by atoms with Gasteiger partial charge in [-0.2, -0.15) is 10.2 Å². The number of pyridine rings is 1. The summed E-state index contributed by atoms with van der Waals surface area (Å²) in [6.07, 6.45) is 6.73. The van der Waals surface area contributed by atoms with Crippen LogP contribution in [0.15, 0.2) is 43.0 Å². The summed E-state index contributed by atoms with van der Waals surface area (Å²) in [6.45, 7) is 0.253. The molecule has 1 aliphatic heterocycles. The van der Waals surface area contributed by atoms with Gasteiger partial charge in [0.2, 0.25) is 0 Å². The summed E-state index contributed by atoms with van der Waals surface area (Å²) in [5.74, 6) is -1.14. The SMILES string of the molecule is Cn1cc(Nc2cc3c(cn2)cnn3Cc2cc(F)cc(N3CCOCC3=O)c2F)cn1. The Hall–Kier alpha value is -3.86. The van der Waals surface area contributed by atoms with E-state index in [1.807, 2.05) is 7.05 Å². The minimum atomic E-state index is -0.659. The Labute approximate surface area is 181 Å². The summed E-state index contributed by atoms with van der Waals surface area (Å²) in [6, 6.07) is 3.93. The molecule has 0 aliphatic carbocycles. The van der Waals surface area contributed by atoms with Gasteiger partial charge in [-0.15, -0.1) is 0 Å². The van der Waals surface area contributed by atoms with Gasteiger partial charge >= 0.3 is 0 Å². The Kier molecular flexibility index (Phi) is 5.02. The summed E-state index contributed by atoms with van der Waals surface area (Å²) < 4.78 is 38.0. The van der Waals surface area contributed by atoms with Crippen molar-refractivity contribution >= 4 is 34.0 Å². The number of halogens is 2. The Morgan fingerprint density at radius 1 is 1.16 bits per heavy atom. The van der Waals surface area contributed by atoms with E-state index in [0.29, 0.717) is 11.3 Å². The minimum absolute atomic E-state index is 0.0189. The van der Waals surface area contributed by atoms with Crippen LogP contribution in [0.25, 0.3) is 10.9 Å². The number of hydrogen-bond acceptors (Lipinski definition) is 6. The maximum atomic E-state index is 15.3. The van der Waals surface area contributed by atoms with Crippen molar-refractivity contribution in [3.63, 3.8) is 0 Å². The first kappa shape index (κ1) is 20.1. The van der Waals surface area contributed by atoms with Crippen LogP contribution in [0.2, 0.25) is 0 Å². The van der Waals surface area contributed by atoms with Crippen LogP contribution < -0.4 is 10.2 Å². The van der Waals surface area contributed by atoms with E-state index in [0.717, 1.165) is 23.2 Å². The third kappa shape index (κ3) is 3.78. The first-order valence-electron chi connectivity index (χ1n) is 9.91. The van der Waals surface area contributed by atoms with Gasteiger partial charge in [0.1, 0.15) is 18.2 Å². The second-order valence-electron chi connectivity index (χ2n) is 7.45. The van der Waals surface area contributed by atoms with Crippen molar-refractivity contribution in [2.75, 3.05) is 30.0 Å².